The van der Waals surface area contributed by atoms with E-state index in [2.05, 4.69) is 16.9 Å². The Labute approximate surface area is 158 Å². The van der Waals surface area contributed by atoms with Gasteiger partial charge < -0.3 is 9.64 Å². The number of likely N-dealkylation sites (N-methyl/N-ethyl adjacent to an activating group) is 1. The van der Waals surface area contributed by atoms with Gasteiger partial charge in [0.15, 0.2) is 0 Å². The molecule has 4 heteroatoms. The Morgan fingerprint density at radius 2 is 1.67 bits per heavy atom. The standard InChI is InChI=1S/C23H21NO3/c1-24(16-17-10-12-20(13-11-17)23(26)27-2)22(25)15-14-19-8-5-7-18-6-3-4-9-21(18)19/h3-15H,16H2,1-2H3/b15-14+. The molecule has 0 aromatic heterocycles. The lowest BCUT2D eigenvalue weighted by Crippen LogP contribution is -2.24. The van der Waals surface area contributed by atoms with Gasteiger partial charge in [-0.2, -0.15) is 0 Å². The number of benzene rings is 3. The van der Waals surface area contributed by atoms with Gasteiger partial charge in [-0.05, 0) is 40.1 Å². The normalized spacial score (nSPS) is 10.9. The van der Waals surface area contributed by atoms with Crippen molar-refractivity contribution in [2.75, 3.05) is 14.2 Å². The lowest BCUT2D eigenvalue weighted by Gasteiger charge is -2.15. The minimum absolute atomic E-state index is 0.0834. The Bertz CT molecular complexity index is 985. The molecule has 0 saturated heterocycles. The topological polar surface area (TPSA) is 46.6 Å². The second-order valence-corrected chi connectivity index (χ2v) is 6.28. The zero-order chi connectivity index (χ0) is 19.2. The number of amides is 1. The van der Waals surface area contributed by atoms with Crippen molar-refractivity contribution in [1.29, 1.82) is 0 Å². The predicted molar refractivity (Wildman–Crippen MR) is 107 cm³/mol. The number of ether oxygens (including phenoxy) is 1. The number of carbonyl (C=O) groups is 2. The number of hydrogen-bond donors (Lipinski definition) is 0. The van der Waals surface area contributed by atoms with Crippen LogP contribution >= 0.6 is 0 Å². The van der Waals surface area contributed by atoms with Gasteiger partial charge >= 0.3 is 5.97 Å². The third-order valence-electron chi connectivity index (χ3n) is 4.40. The average molecular weight is 359 g/mol. The van der Waals surface area contributed by atoms with Crippen molar-refractivity contribution in [3.05, 3.63) is 89.5 Å². The molecular weight excluding hydrogens is 338 g/mol. The number of methoxy groups -OCH3 is 1. The Hall–Kier alpha value is -3.40. The molecule has 3 aromatic rings. The molecule has 1 amide bonds. The molecule has 0 N–H and O–H groups in total. The molecule has 0 radical (unpaired) electrons. The van der Waals surface area contributed by atoms with E-state index in [1.165, 1.54) is 7.11 Å². The fraction of sp³-hybridized carbons (Fsp3) is 0.130. The summed E-state index contributed by atoms with van der Waals surface area (Å²) in [5.41, 5.74) is 2.44. The number of fused-ring (bicyclic) bond motifs is 1. The van der Waals surface area contributed by atoms with Gasteiger partial charge in [-0.25, -0.2) is 4.79 Å². The number of nitrogens with zero attached hydrogens (tertiary/aromatic N) is 1. The van der Waals surface area contributed by atoms with Gasteiger partial charge in [0.25, 0.3) is 0 Å². The molecule has 0 bridgehead atoms. The van der Waals surface area contributed by atoms with Gasteiger partial charge in [-0.3, -0.25) is 4.79 Å². The lowest BCUT2D eigenvalue weighted by molar-refractivity contribution is -0.125. The Morgan fingerprint density at radius 1 is 0.963 bits per heavy atom. The summed E-state index contributed by atoms with van der Waals surface area (Å²) in [4.78, 5) is 25.5. The van der Waals surface area contributed by atoms with E-state index in [0.29, 0.717) is 12.1 Å². The third-order valence-corrected chi connectivity index (χ3v) is 4.40. The number of rotatable bonds is 5. The summed E-state index contributed by atoms with van der Waals surface area (Å²) in [7, 11) is 3.11. The molecular formula is C23H21NO3. The van der Waals surface area contributed by atoms with Gasteiger partial charge in [0.2, 0.25) is 5.91 Å². The molecule has 136 valence electrons. The van der Waals surface area contributed by atoms with Crippen LogP contribution in [0, 0.1) is 0 Å². The van der Waals surface area contributed by atoms with Crippen LogP contribution in [0.15, 0.2) is 72.8 Å². The van der Waals surface area contributed by atoms with E-state index in [0.717, 1.165) is 21.9 Å². The fourth-order valence-electron chi connectivity index (χ4n) is 2.90. The molecule has 27 heavy (non-hydrogen) atoms. The van der Waals surface area contributed by atoms with Gasteiger partial charge in [0.1, 0.15) is 0 Å². The van der Waals surface area contributed by atoms with Crippen molar-refractivity contribution in [1.82, 2.24) is 4.90 Å². The van der Waals surface area contributed by atoms with Crippen LogP contribution in [0.4, 0.5) is 0 Å². The zero-order valence-corrected chi connectivity index (χ0v) is 15.4. The highest BCUT2D eigenvalue weighted by atomic mass is 16.5. The molecule has 0 unspecified atom stereocenters. The summed E-state index contributed by atoms with van der Waals surface area (Å²) in [6.07, 6.45) is 3.44. The summed E-state index contributed by atoms with van der Waals surface area (Å²) in [5.74, 6) is -0.455. The second-order valence-electron chi connectivity index (χ2n) is 6.28. The van der Waals surface area contributed by atoms with Crippen LogP contribution in [-0.2, 0) is 16.1 Å². The lowest BCUT2D eigenvalue weighted by atomic mass is 10.0. The zero-order valence-electron chi connectivity index (χ0n) is 15.4. The van der Waals surface area contributed by atoms with Crippen molar-refractivity contribution in [2.45, 2.75) is 6.54 Å². The van der Waals surface area contributed by atoms with Crippen LogP contribution in [0.2, 0.25) is 0 Å². The molecule has 0 aliphatic heterocycles. The van der Waals surface area contributed by atoms with Crippen LogP contribution in [0.5, 0.6) is 0 Å². The first kappa shape index (κ1) is 18.4. The first-order valence-corrected chi connectivity index (χ1v) is 8.66. The minimum Gasteiger partial charge on any atom is -0.465 e. The first-order chi connectivity index (χ1) is 13.1. The molecule has 0 aliphatic carbocycles. The van der Waals surface area contributed by atoms with E-state index < -0.39 is 0 Å². The molecule has 0 spiro atoms. The number of carbonyl (C=O) groups excluding carboxylic acids is 2. The van der Waals surface area contributed by atoms with Crippen LogP contribution < -0.4 is 0 Å². The van der Waals surface area contributed by atoms with Gasteiger partial charge in [-0.15, -0.1) is 0 Å². The van der Waals surface area contributed by atoms with Crippen molar-refractivity contribution < 1.29 is 14.3 Å². The van der Waals surface area contributed by atoms with E-state index >= 15 is 0 Å². The Morgan fingerprint density at radius 3 is 2.41 bits per heavy atom. The summed E-state index contributed by atoms with van der Waals surface area (Å²) >= 11 is 0. The maximum absolute atomic E-state index is 12.4. The van der Waals surface area contributed by atoms with Crippen molar-refractivity contribution in [3.8, 4) is 0 Å². The monoisotopic (exact) mass is 359 g/mol. The quantitative estimate of drug-likeness (QED) is 0.504. The summed E-state index contributed by atoms with van der Waals surface area (Å²) in [6.45, 7) is 0.458. The molecule has 3 aromatic carbocycles. The molecule has 0 saturated carbocycles. The van der Waals surface area contributed by atoms with Crippen LogP contribution in [-0.4, -0.2) is 30.9 Å². The molecule has 0 heterocycles. The Kier molecular flexibility index (Phi) is 5.67. The van der Waals surface area contributed by atoms with Crippen LogP contribution in [0.1, 0.15) is 21.5 Å². The highest BCUT2D eigenvalue weighted by molar-refractivity contribution is 5.96. The number of hydrogen-bond acceptors (Lipinski definition) is 3. The van der Waals surface area contributed by atoms with E-state index in [4.69, 9.17) is 0 Å². The largest absolute Gasteiger partial charge is 0.465 e. The molecule has 0 aliphatic rings. The third kappa shape index (κ3) is 4.42. The van der Waals surface area contributed by atoms with Gasteiger partial charge in [0.05, 0.1) is 12.7 Å². The number of esters is 1. The van der Waals surface area contributed by atoms with Crippen LogP contribution in [0.25, 0.3) is 16.8 Å². The molecule has 3 rings (SSSR count). The second kappa shape index (κ2) is 8.32. The maximum Gasteiger partial charge on any atom is 0.337 e. The highest BCUT2D eigenvalue weighted by Crippen LogP contribution is 2.19. The van der Waals surface area contributed by atoms with E-state index in [1.807, 2.05) is 48.5 Å². The van der Waals surface area contributed by atoms with Crippen molar-refractivity contribution in [2.24, 2.45) is 0 Å². The summed E-state index contributed by atoms with van der Waals surface area (Å²) in [5, 5.41) is 2.26. The molecule has 4 nitrogen and oxygen atoms in total. The minimum atomic E-state index is -0.371. The van der Waals surface area contributed by atoms with Gasteiger partial charge in [0, 0.05) is 19.7 Å². The van der Waals surface area contributed by atoms with Crippen molar-refractivity contribution in [3.63, 3.8) is 0 Å². The predicted octanol–water partition coefficient (Wildman–Crippen LogP) is 4.30. The SMILES string of the molecule is COC(=O)c1ccc(CN(C)C(=O)/C=C/c2cccc3ccccc23)cc1. The highest BCUT2D eigenvalue weighted by Gasteiger charge is 2.08. The fourth-order valence-corrected chi connectivity index (χ4v) is 2.90. The summed E-state index contributed by atoms with van der Waals surface area (Å²) in [6, 6.07) is 21.2. The van der Waals surface area contributed by atoms with E-state index in [9.17, 15) is 9.59 Å². The smallest absolute Gasteiger partial charge is 0.337 e. The van der Waals surface area contributed by atoms with E-state index in [1.54, 1.807) is 30.2 Å². The average Bonchev–Trinajstić information content (AvgIpc) is 2.71. The van der Waals surface area contributed by atoms with E-state index in [-0.39, 0.29) is 11.9 Å². The maximum atomic E-state index is 12.4. The Balaban J connectivity index is 1.68. The molecule has 0 atom stereocenters. The van der Waals surface area contributed by atoms with Crippen molar-refractivity contribution >= 4 is 28.7 Å². The van der Waals surface area contributed by atoms with Crippen LogP contribution in [0.3, 0.4) is 0 Å². The first-order valence-electron chi connectivity index (χ1n) is 8.66. The molecule has 0 fully saturated rings. The van der Waals surface area contributed by atoms with Gasteiger partial charge in [-0.1, -0.05) is 54.6 Å². The summed E-state index contributed by atoms with van der Waals surface area (Å²) < 4.78 is 4.69.